The van der Waals surface area contributed by atoms with E-state index in [2.05, 4.69) is 10.1 Å². The molecule has 1 heterocycles. The van der Waals surface area contributed by atoms with Crippen LogP contribution >= 0.6 is 0 Å². The van der Waals surface area contributed by atoms with Crippen molar-refractivity contribution in [1.29, 1.82) is 0 Å². The predicted octanol–water partition coefficient (Wildman–Crippen LogP) is -0.739. The van der Waals surface area contributed by atoms with Crippen LogP contribution in [-0.2, 0) is 24.8 Å². The van der Waals surface area contributed by atoms with Crippen molar-refractivity contribution in [3.63, 3.8) is 0 Å². The fourth-order valence-corrected chi connectivity index (χ4v) is 2.97. The number of hydrogen-bond acceptors (Lipinski definition) is 4. The third-order valence-electron chi connectivity index (χ3n) is 4.40. The van der Waals surface area contributed by atoms with Crippen molar-refractivity contribution < 1.29 is 39.1 Å². The van der Waals surface area contributed by atoms with Crippen molar-refractivity contribution in [3.8, 4) is 0 Å². The molecule has 0 bridgehead atoms. The minimum atomic E-state index is -1.13. The Bertz CT molecular complexity index is 632. The van der Waals surface area contributed by atoms with Crippen LogP contribution in [0.3, 0.4) is 0 Å². The molecule has 2 atom stereocenters. The van der Waals surface area contributed by atoms with Crippen molar-refractivity contribution in [2.75, 3.05) is 0 Å². The van der Waals surface area contributed by atoms with E-state index < -0.39 is 5.60 Å². The van der Waals surface area contributed by atoms with Crippen molar-refractivity contribution in [1.82, 2.24) is 14.8 Å². The van der Waals surface area contributed by atoms with Gasteiger partial charge in [0, 0.05) is 5.16 Å². The van der Waals surface area contributed by atoms with Crippen LogP contribution in [0.1, 0.15) is 25.3 Å². The minimum absolute atomic E-state index is 0. The first-order valence-corrected chi connectivity index (χ1v) is 7.45. The van der Waals surface area contributed by atoms with Gasteiger partial charge >= 0.3 is 29.6 Å². The van der Waals surface area contributed by atoms with E-state index >= 15 is 0 Å². The molecular weight excluding hydrogens is 312 g/mol. The van der Waals surface area contributed by atoms with Crippen LogP contribution in [0.2, 0.25) is 0 Å². The average Bonchev–Trinajstić information content (AvgIpc) is 3.24. The van der Waals surface area contributed by atoms with Crippen LogP contribution in [0.25, 0.3) is 0 Å². The molecule has 4 nitrogen and oxygen atoms in total. The number of rotatable bonds is 5. The zero-order valence-electron chi connectivity index (χ0n) is 12.7. The van der Waals surface area contributed by atoms with Crippen LogP contribution < -0.4 is 29.6 Å². The van der Waals surface area contributed by atoms with E-state index in [1.54, 1.807) is 12.1 Å². The molecule has 2 unspecified atom stereocenters. The molecule has 1 aliphatic rings. The Labute approximate surface area is 156 Å². The van der Waals surface area contributed by atoms with Crippen molar-refractivity contribution in [3.05, 3.63) is 42.0 Å². The number of hydrogen-bond donors (Lipinski definition) is 1. The van der Waals surface area contributed by atoms with Crippen LogP contribution in [0.5, 0.6) is 0 Å². The van der Waals surface area contributed by atoms with E-state index in [-0.39, 0.29) is 47.8 Å². The van der Waals surface area contributed by atoms with Gasteiger partial charge in [0.1, 0.15) is 17.7 Å². The van der Waals surface area contributed by atoms with Gasteiger partial charge in [-0.15, -0.1) is 0 Å². The van der Waals surface area contributed by atoms with Gasteiger partial charge in [-0.1, -0.05) is 19.1 Å². The summed E-state index contributed by atoms with van der Waals surface area (Å²) in [5, 5.41) is 15.7. The average molecular weight is 329 g/mol. The zero-order chi connectivity index (χ0) is 15.0. The molecule has 1 fully saturated rings. The van der Waals surface area contributed by atoms with E-state index in [9.17, 15) is 9.50 Å². The molecule has 0 saturated heterocycles. The van der Waals surface area contributed by atoms with E-state index in [4.69, 9.17) is 12.6 Å². The maximum atomic E-state index is 13.2. The molecule has 1 aromatic carbocycles. The molecule has 1 aromatic heterocycles. The predicted molar refractivity (Wildman–Crippen MR) is 77.8 cm³/mol. The number of halogens is 1. The van der Waals surface area contributed by atoms with E-state index in [1.165, 1.54) is 23.1 Å². The second-order valence-electron chi connectivity index (χ2n) is 5.76. The molecular formula is C15H17FN3NaOS. The summed E-state index contributed by atoms with van der Waals surface area (Å²) in [7, 11) is 0. The van der Waals surface area contributed by atoms with Gasteiger partial charge in [-0.05, 0) is 42.4 Å². The normalized spacial score (nSPS) is 18.3. The summed E-state index contributed by atoms with van der Waals surface area (Å²) < 4.78 is 14.7. The first-order valence-electron chi connectivity index (χ1n) is 7.04. The van der Waals surface area contributed by atoms with Crippen LogP contribution in [0.15, 0.2) is 35.7 Å². The maximum absolute atomic E-state index is 13.2. The number of aromatic nitrogens is 3. The summed E-state index contributed by atoms with van der Waals surface area (Å²) in [6, 6.07) is 6.01. The van der Waals surface area contributed by atoms with Crippen LogP contribution in [0, 0.1) is 17.7 Å². The Kier molecular flexibility index (Phi) is 5.61. The summed E-state index contributed by atoms with van der Waals surface area (Å²) in [6.45, 7) is 2.26. The van der Waals surface area contributed by atoms with Gasteiger partial charge in [0.25, 0.3) is 0 Å². The topological polar surface area (TPSA) is 50.9 Å². The van der Waals surface area contributed by atoms with Crippen LogP contribution in [-0.4, -0.2) is 19.9 Å². The van der Waals surface area contributed by atoms with Gasteiger partial charge in [0.15, 0.2) is 0 Å². The SMILES string of the molecule is CC(C1CC1)C(O)(Cn1ncnc1[S-])c1ccc(F)cc1.[Na+]. The first kappa shape index (κ1) is 17.8. The molecule has 112 valence electrons. The zero-order valence-corrected chi connectivity index (χ0v) is 15.6. The van der Waals surface area contributed by atoms with E-state index in [1.807, 2.05) is 6.92 Å². The van der Waals surface area contributed by atoms with Gasteiger partial charge in [-0.25, -0.2) is 9.37 Å². The Hall–Kier alpha value is -0.530. The summed E-state index contributed by atoms with van der Waals surface area (Å²) in [5.41, 5.74) is -0.441. The Morgan fingerprint density at radius 3 is 2.55 bits per heavy atom. The van der Waals surface area contributed by atoms with Gasteiger partial charge in [0.2, 0.25) is 0 Å². The van der Waals surface area contributed by atoms with Crippen molar-refractivity contribution >= 4 is 12.6 Å². The van der Waals surface area contributed by atoms with Gasteiger partial charge in [-0.3, -0.25) is 4.68 Å². The molecule has 22 heavy (non-hydrogen) atoms. The summed E-state index contributed by atoms with van der Waals surface area (Å²) in [5.74, 6) is 0.212. The van der Waals surface area contributed by atoms with E-state index in [0.717, 1.165) is 12.8 Å². The molecule has 1 saturated carbocycles. The third-order valence-corrected chi connectivity index (χ3v) is 4.71. The molecule has 1 N–H and O–H groups in total. The smallest absolute Gasteiger partial charge is 0.740 e. The molecule has 0 radical (unpaired) electrons. The van der Waals surface area contributed by atoms with Gasteiger partial charge < -0.3 is 17.7 Å². The Morgan fingerprint density at radius 1 is 1.41 bits per heavy atom. The molecule has 0 spiro atoms. The van der Waals surface area contributed by atoms with Crippen molar-refractivity contribution in [2.24, 2.45) is 11.8 Å². The quantitative estimate of drug-likeness (QED) is 0.580. The van der Waals surface area contributed by atoms with Crippen LogP contribution in [0.4, 0.5) is 4.39 Å². The van der Waals surface area contributed by atoms with Crippen molar-refractivity contribution in [2.45, 2.75) is 37.1 Å². The second-order valence-corrected chi connectivity index (χ2v) is 6.12. The summed E-state index contributed by atoms with van der Waals surface area (Å²) >= 11 is 5.11. The summed E-state index contributed by atoms with van der Waals surface area (Å²) in [4.78, 5) is 3.92. The number of nitrogens with zero attached hydrogens (tertiary/aromatic N) is 3. The fraction of sp³-hybridized carbons (Fsp3) is 0.467. The first-order chi connectivity index (χ1) is 10.0. The molecule has 0 amide bonds. The van der Waals surface area contributed by atoms with E-state index in [0.29, 0.717) is 16.6 Å². The monoisotopic (exact) mass is 329 g/mol. The number of aliphatic hydroxyl groups is 1. The summed E-state index contributed by atoms with van der Waals surface area (Å²) in [6.07, 6.45) is 3.61. The third kappa shape index (κ3) is 3.51. The standard InChI is InChI=1S/C15H18FN3OS.Na/c1-10(11-2-3-11)15(20,8-19-14(21)17-9-18-19)12-4-6-13(16)7-5-12;/h4-7,9-11,20H,2-3,8H2,1H3,(H,17,18,21);/q;+1/p-1. The molecule has 3 rings (SSSR count). The maximum Gasteiger partial charge on any atom is 1.00 e. The Morgan fingerprint density at radius 2 is 2.05 bits per heavy atom. The number of benzene rings is 1. The molecule has 1 aliphatic carbocycles. The second kappa shape index (κ2) is 6.93. The van der Waals surface area contributed by atoms with Gasteiger partial charge in [0.05, 0.1) is 6.54 Å². The molecule has 2 aromatic rings. The fourth-order valence-electron chi connectivity index (χ4n) is 2.81. The minimum Gasteiger partial charge on any atom is -0.740 e. The largest absolute Gasteiger partial charge is 1.00 e. The molecule has 7 heteroatoms. The van der Waals surface area contributed by atoms with Gasteiger partial charge in [-0.2, -0.15) is 5.10 Å². The Balaban J connectivity index is 0.00000176. The molecule has 0 aliphatic heterocycles.